The Balaban J connectivity index is 2.76. The number of hydrogen-bond acceptors (Lipinski definition) is 1. The van der Waals surface area contributed by atoms with E-state index < -0.39 is 0 Å². The molecule has 1 N–H and O–H groups in total. The molecule has 1 aromatic carbocycles. The van der Waals surface area contributed by atoms with Crippen molar-refractivity contribution in [1.82, 2.24) is 5.32 Å². The van der Waals surface area contributed by atoms with Crippen molar-refractivity contribution in [3.63, 3.8) is 0 Å². The van der Waals surface area contributed by atoms with Gasteiger partial charge in [0.25, 0.3) is 0 Å². The van der Waals surface area contributed by atoms with Gasteiger partial charge in [-0.1, -0.05) is 13.0 Å². The smallest absolute Gasteiger partial charge is 0.123 e. The lowest BCUT2D eigenvalue weighted by molar-refractivity contribution is 0.541. The van der Waals surface area contributed by atoms with E-state index in [0.717, 1.165) is 18.4 Å². The van der Waals surface area contributed by atoms with Crippen molar-refractivity contribution >= 4 is 0 Å². The molecule has 0 saturated carbocycles. The summed E-state index contributed by atoms with van der Waals surface area (Å²) in [6.07, 6.45) is 2.06. The first-order valence-corrected chi connectivity index (χ1v) is 5.09. The fourth-order valence-electron chi connectivity index (χ4n) is 1.60. The van der Waals surface area contributed by atoms with Crippen LogP contribution < -0.4 is 5.32 Å². The van der Waals surface area contributed by atoms with Crippen LogP contribution in [-0.2, 0) is 6.42 Å². The predicted molar refractivity (Wildman–Crippen MR) is 58.0 cm³/mol. The summed E-state index contributed by atoms with van der Waals surface area (Å²) in [4.78, 5) is 0. The van der Waals surface area contributed by atoms with E-state index in [0.29, 0.717) is 6.04 Å². The van der Waals surface area contributed by atoms with Crippen LogP contribution >= 0.6 is 0 Å². The number of halogens is 1. The van der Waals surface area contributed by atoms with Crippen LogP contribution in [-0.4, -0.2) is 13.1 Å². The molecule has 1 unspecified atom stereocenters. The molecular weight excluding hydrogens is 177 g/mol. The van der Waals surface area contributed by atoms with Crippen LogP contribution in [0.1, 0.15) is 24.5 Å². The van der Waals surface area contributed by atoms with E-state index in [-0.39, 0.29) is 5.82 Å². The van der Waals surface area contributed by atoms with Gasteiger partial charge in [-0.2, -0.15) is 0 Å². The lowest BCUT2D eigenvalue weighted by Gasteiger charge is -2.15. The maximum Gasteiger partial charge on any atom is 0.123 e. The van der Waals surface area contributed by atoms with Gasteiger partial charge >= 0.3 is 0 Å². The number of hydrogen-bond donors (Lipinski definition) is 1. The highest BCUT2D eigenvalue weighted by Gasteiger charge is 2.06. The predicted octanol–water partition coefficient (Wildman–Crippen LogP) is 2.67. The molecule has 0 bridgehead atoms. The molecule has 1 nitrogen and oxygen atoms in total. The van der Waals surface area contributed by atoms with E-state index in [4.69, 9.17) is 0 Å². The Kier molecular flexibility index (Phi) is 4.08. The van der Waals surface area contributed by atoms with E-state index in [9.17, 15) is 4.39 Å². The summed E-state index contributed by atoms with van der Waals surface area (Å²) < 4.78 is 12.8. The summed E-state index contributed by atoms with van der Waals surface area (Å²) in [7, 11) is 1.97. The normalized spacial score (nSPS) is 12.9. The van der Waals surface area contributed by atoms with Gasteiger partial charge in [0.1, 0.15) is 5.82 Å². The number of rotatable bonds is 4. The second kappa shape index (κ2) is 5.11. The van der Waals surface area contributed by atoms with Crippen molar-refractivity contribution in [2.75, 3.05) is 7.05 Å². The monoisotopic (exact) mass is 195 g/mol. The zero-order chi connectivity index (χ0) is 10.6. The maximum atomic E-state index is 12.8. The van der Waals surface area contributed by atoms with Crippen LogP contribution in [0.5, 0.6) is 0 Å². The maximum absolute atomic E-state index is 12.8. The Bertz CT molecular complexity index is 292. The number of likely N-dealkylation sites (N-methyl/N-ethyl adjacent to an activating group) is 1. The Labute approximate surface area is 85.3 Å². The van der Waals surface area contributed by atoms with Crippen molar-refractivity contribution in [2.24, 2.45) is 0 Å². The van der Waals surface area contributed by atoms with Gasteiger partial charge in [0.05, 0.1) is 0 Å². The molecule has 0 spiro atoms. The number of aryl methyl sites for hydroxylation is 1. The molecule has 0 fully saturated rings. The minimum atomic E-state index is -0.149. The summed E-state index contributed by atoms with van der Waals surface area (Å²) in [6.45, 7) is 4.11. The molecule has 0 saturated heterocycles. The first-order chi connectivity index (χ1) is 6.67. The highest BCUT2D eigenvalue weighted by Crippen LogP contribution is 2.13. The largest absolute Gasteiger partial charge is 0.317 e. The third-order valence-corrected chi connectivity index (χ3v) is 2.67. The summed E-state index contributed by atoms with van der Waals surface area (Å²) >= 11 is 0. The lowest BCUT2D eigenvalue weighted by atomic mass is 10.00. The van der Waals surface area contributed by atoms with Gasteiger partial charge in [-0.15, -0.1) is 0 Å². The third-order valence-electron chi connectivity index (χ3n) is 2.67. The van der Waals surface area contributed by atoms with Gasteiger partial charge in [0, 0.05) is 6.04 Å². The summed E-state index contributed by atoms with van der Waals surface area (Å²) in [5.74, 6) is -0.149. The zero-order valence-electron chi connectivity index (χ0n) is 9.10. The molecule has 0 aliphatic carbocycles. The van der Waals surface area contributed by atoms with Gasteiger partial charge in [-0.05, 0) is 50.1 Å². The second-order valence-electron chi connectivity index (χ2n) is 3.67. The molecule has 0 aliphatic heterocycles. The number of benzene rings is 1. The minimum absolute atomic E-state index is 0.149. The van der Waals surface area contributed by atoms with Crippen molar-refractivity contribution in [3.05, 3.63) is 35.1 Å². The van der Waals surface area contributed by atoms with Crippen molar-refractivity contribution in [2.45, 2.75) is 32.7 Å². The molecule has 1 atom stereocenters. The van der Waals surface area contributed by atoms with Gasteiger partial charge in [-0.25, -0.2) is 4.39 Å². The van der Waals surface area contributed by atoms with Crippen LogP contribution in [0.3, 0.4) is 0 Å². The average molecular weight is 195 g/mol. The Hall–Kier alpha value is -0.890. The standard InChI is InChI=1S/C12H18FN/c1-4-12(14-3)8-10-5-6-11(13)7-9(10)2/h5-7,12,14H,4,8H2,1-3H3. The summed E-state index contributed by atoms with van der Waals surface area (Å²) in [5.41, 5.74) is 2.27. The van der Waals surface area contributed by atoms with Crippen molar-refractivity contribution in [3.8, 4) is 0 Å². The molecule has 1 rings (SSSR count). The van der Waals surface area contributed by atoms with Crippen molar-refractivity contribution in [1.29, 1.82) is 0 Å². The van der Waals surface area contributed by atoms with Crippen LogP contribution in [0.2, 0.25) is 0 Å². The Morgan fingerprint density at radius 3 is 2.64 bits per heavy atom. The molecular formula is C12H18FN. The Morgan fingerprint density at radius 1 is 1.43 bits per heavy atom. The van der Waals surface area contributed by atoms with Gasteiger partial charge < -0.3 is 5.32 Å². The van der Waals surface area contributed by atoms with Crippen LogP contribution in [0.25, 0.3) is 0 Å². The Morgan fingerprint density at radius 2 is 2.14 bits per heavy atom. The SMILES string of the molecule is CCC(Cc1ccc(F)cc1C)NC. The van der Waals surface area contributed by atoms with Gasteiger partial charge in [0.2, 0.25) is 0 Å². The van der Waals surface area contributed by atoms with E-state index in [2.05, 4.69) is 12.2 Å². The molecule has 1 aromatic rings. The minimum Gasteiger partial charge on any atom is -0.317 e. The van der Waals surface area contributed by atoms with E-state index in [1.54, 1.807) is 6.07 Å². The molecule has 0 amide bonds. The molecule has 0 aliphatic rings. The third kappa shape index (κ3) is 2.81. The van der Waals surface area contributed by atoms with E-state index in [1.165, 1.54) is 11.6 Å². The highest BCUT2D eigenvalue weighted by molar-refractivity contribution is 5.27. The quantitative estimate of drug-likeness (QED) is 0.779. The topological polar surface area (TPSA) is 12.0 Å². The van der Waals surface area contributed by atoms with Crippen LogP contribution in [0, 0.1) is 12.7 Å². The van der Waals surface area contributed by atoms with Crippen molar-refractivity contribution < 1.29 is 4.39 Å². The van der Waals surface area contributed by atoms with Crippen LogP contribution in [0.4, 0.5) is 4.39 Å². The highest BCUT2D eigenvalue weighted by atomic mass is 19.1. The average Bonchev–Trinajstić information content (AvgIpc) is 2.17. The molecule has 0 aromatic heterocycles. The molecule has 2 heteroatoms. The second-order valence-corrected chi connectivity index (χ2v) is 3.67. The molecule has 78 valence electrons. The molecule has 14 heavy (non-hydrogen) atoms. The fraction of sp³-hybridized carbons (Fsp3) is 0.500. The summed E-state index contributed by atoms with van der Waals surface area (Å²) in [6, 6.07) is 5.49. The summed E-state index contributed by atoms with van der Waals surface area (Å²) in [5, 5.41) is 3.25. The molecule has 0 radical (unpaired) electrons. The number of nitrogens with one attached hydrogen (secondary N) is 1. The van der Waals surface area contributed by atoms with Gasteiger partial charge in [0.15, 0.2) is 0 Å². The van der Waals surface area contributed by atoms with E-state index in [1.807, 2.05) is 20.0 Å². The molecule has 0 heterocycles. The van der Waals surface area contributed by atoms with Gasteiger partial charge in [-0.3, -0.25) is 0 Å². The first kappa shape index (κ1) is 11.2. The lowest BCUT2D eigenvalue weighted by Crippen LogP contribution is -2.26. The van der Waals surface area contributed by atoms with Crippen LogP contribution in [0.15, 0.2) is 18.2 Å². The fourth-order valence-corrected chi connectivity index (χ4v) is 1.60. The zero-order valence-corrected chi connectivity index (χ0v) is 9.10. The van der Waals surface area contributed by atoms with E-state index >= 15 is 0 Å². The first-order valence-electron chi connectivity index (χ1n) is 5.09.